The lowest BCUT2D eigenvalue weighted by molar-refractivity contribution is -0.123. The van der Waals surface area contributed by atoms with Crippen LogP contribution in [0.1, 0.15) is 38.2 Å². The fourth-order valence-corrected chi connectivity index (χ4v) is 2.25. The molecule has 0 bridgehead atoms. The fourth-order valence-electron chi connectivity index (χ4n) is 2.25. The molecule has 0 saturated heterocycles. The van der Waals surface area contributed by atoms with E-state index >= 15 is 0 Å². The van der Waals surface area contributed by atoms with Gasteiger partial charge in [-0.1, -0.05) is 37.3 Å². The van der Waals surface area contributed by atoms with Crippen molar-refractivity contribution in [1.29, 1.82) is 0 Å². The summed E-state index contributed by atoms with van der Waals surface area (Å²) in [5.74, 6) is 0.108. The predicted molar refractivity (Wildman–Crippen MR) is 71.3 cm³/mol. The topological polar surface area (TPSA) is 49.3 Å². The third kappa shape index (κ3) is 2.72. The van der Waals surface area contributed by atoms with Gasteiger partial charge >= 0.3 is 0 Å². The molecular weight excluding hydrogens is 226 g/mol. The summed E-state index contributed by atoms with van der Waals surface area (Å²) in [5, 5.41) is 12.4. The highest BCUT2D eigenvalue weighted by molar-refractivity contribution is 5.91. The Morgan fingerprint density at radius 3 is 2.61 bits per heavy atom. The van der Waals surface area contributed by atoms with Crippen LogP contribution < -0.4 is 5.32 Å². The maximum atomic E-state index is 12.2. The monoisotopic (exact) mass is 247 g/mol. The van der Waals surface area contributed by atoms with E-state index in [1.54, 1.807) is 0 Å². The van der Waals surface area contributed by atoms with E-state index in [4.69, 9.17) is 0 Å². The van der Waals surface area contributed by atoms with Gasteiger partial charge in [-0.2, -0.15) is 0 Å². The number of carbonyl (C=O) groups excluding carboxylic acids is 1. The molecule has 3 heteroatoms. The normalized spacial score (nSPS) is 18.1. The van der Waals surface area contributed by atoms with E-state index in [1.807, 2.05) is 37.3 Å². The molecule has 98 valence electrons. The van der Waals surface area contributed by atoms with E-state index in [2.05, 4.69) is 5.32 Å². The molecule has 0 aromatic heterocycles. The second kappa shape index (κ2) is 5.53. The number of hydrogen-bond acceptors (Lipinski definition) is 2. The van der Waals surface area contributed by atoms with Crippen LogP contribution in [-0.4, -0.2) is 23.7 Å². The van der Waals surface area contributed by atoms with Gasteiger partial charge in [-0.05, 0) is 31.2 Å². The van der Waals surface area contributed by atoms with Crippen LogP contribution in [0.15, 0.2) is 30.3 Å². The van der Waals surface area contributed by atoms with Gasteiger partial charge in [-0.15, -0.1) is 0 Å². The van der Waals surface area contributed by atoms with Gasteiger partial charge in [0.25, 0.3) is 0 Å². The summed E-state index contributed by atoms with van der Waals surface area (Å²) in [6, 6.07) is 9.96. The molecule has 3 nitrogen and oxygen atoms in total. The zero-order valence-electron chi connectivity index (χ0n) is 10.9. The van der Waals surface area contributed by atoms with Crippen LogP contribution >= 0.6 is 0 Å². The Bertz CT molecular complexity index is 398. The van der Waals surface area contributed by atoms with Crippen molar-refractivity contribution in [2.45, 2.75) is 44.1 Å². The van der Waals surface area contributed by atoms with Crippen LogP contribution in [0, 0.1) is 0 Å². The minimum atomic E-state index is -0.308. The van der Waals surface area contributed by atoms with Crippen LogP contribution in [0.2, 0.25) is 0 Å². The van der Waals surface area contributed by atoms with E-state index < -0.39 is 0 Å². The number of rotatable bonds is 6. The predicted octanol–water partition coefficient (Wildman–Crippen LogP) is 2.00. The third-order valence-corrected chi connectivity index (χ3v) is 3.75. The maximum absolute atomic E-state index is 12.2. The Hall–Kier alpha value is -1.35. The van der Waals surface area contributed by atoms with Gasteiger partial charge in [0, 0.05) is 6.54 Å². The molecule has 0 spiro atoms. The number of nitrogens with one attached hydrogen (secondary N) is 1. The molecule has 1 fully saturated rings. The standard InChI is InChI=1S/C15H21NO2/c1-2-13(17)8-11-16-14(18)15(9-10-15)12-6-4-3-5-7-12/h3-7,13,17H,2,8-11H2,1H3,(H,16,18). The van der Waals surface area contributed by atoms with Crippen molar-refractivity contribution in [3.05, 3.63) is 35.9 Å². The molecule has 1 atom stereocenters. The fraction of sp³-hybridized carbons (Fsp3) is 0.533. The lowest BCUT2D eigenvalue weighted by atomic mass is 9.95. The Kier molecular flexibility index (Phi) is 4.02. The van der Waals surface area contributed by atoms with Crippen molar-refractivity contribution in [3.8, 4) is 0 Å². The van der Waals surface area contributed by atoms with E-state index in [0.29, 0.717) is 13.0 Å². The first kappa shape index (κ1) is 13.1. The van der Waals surface area contributed by atoms with Gasteiger partial charge in [0.1, 0.15) is 0 Å². The second-order valence-corrected chi connectivity index (χ2v) is 5.05. The summed E-state index contributed by atoms with van der Waals surface area (Å²) in [4.78, 5) is 12.2. The summed E-state index contributed by atoms with van der Waals surface area (Å²) in [6.45, 7) is 2.50. The van der Waals surface area contributed by atoms with Crippen LogP contribution in [0.5, 0.6) is 0 Å². The molecule has 1 saturated carbocycles. The summed E-state index contributed by atoms with van der Waals surface area (Å²) < 4.78 is 0. The second-order valence-electron chi connectivity index (χ2n) is 5.05. The van der Waals surface area contributed by atoms with Crippen LogP contribution in [-0.2, 0) is 10.2 Å². The minimum Gasteiger partial charge on any atom is -0.393 e. The Balaban J connectivity index is 1.90. The number of aliphatic hydroxyl groups is 1. The van der Waals surface area contributed by atoms with E-state index in [0.717, 1.165) is 24.8 Å². The van der Waals surface area contributed by atoms with Crippen molar-refractivity contribution in [2.75, 3.05) is 6.54 Å². The van der Waals surface area contributed by atoms with Crippen molar-refractivity contribution >= 4 is 5.91 Å². The number of aliphatic hydroxyl groups excluding tert-OH is 1. The number of benzene rings is 1. The smallest absolute Gasteiger partial charge is 0.230 e. The highest BCUT2D eigenvalue weighted by atomic mass is 16.3. The SMILES string of the molecule is CCC(O)CCNC(=O)C1(c2ccccc2)CC1. The molecular formula is C15H21NO2. The number of amides is 1. The van der Waals surface area contributed by atoms with Gasteiger partial charge in [-0.25, -0.2) is 0 Å². The maximum Gasteiger partial charge on any atom is 0.230 e. The van der Waals surface area contributed by atoms with Crippen molar-refractivity contribution in [1.82, 2.24) is 5.32 Å². The molecule has 0 radical (unpaired) electrons. The zero-order chi connectivity index (χ0) is 13.0. The molecule has 1 aliphatic carbocycles. The van der Waals surface area contributed by atoms with Gasteiger partial charge in [0.05, 0.1) is 11.5 Å². The molecule has 0 heterocycles. The zero-order valence-corrected chi connectivity index (χ0v) is 10.9. The molecule has 1 amide bonds. The first-order valence-corrected chi connectivity index (χ1v) is 6.71. The van der Waals surface area contributed by atoms with Gasteiger partial charge < -0.3 is 10.4 Å². The van der Waals surface area contributed by atoms with E-state index in [1.165, 1.54) is 0 Å². The van der Waals surface area contributed by atoms with Gasteiger partial charge in [0.15, 0.2) is 0 Å². The minimum absolute atomic E-state index is 0.108. The van der Waals surface area contributed by atoms with Crippen LogP contribution in [0.4, 0.5) is 0 Å². The Labute approximate surface area is 108 Å². The lowest BCUT2D eigenvalue weighted by Gasteiger charge is -2.16. The van der Waals surface area contributed by atoms with Gasteiger partial charge in [-0.3, -0.25) is 4.79 Å². The molecule has 2 rings (SSSR count). The first-order valence-electron chi connectivity index (χ1n) is 6.71. The molecule has 2 N–H and O–H groups in total. The summed E-state index contributed by atoms with van der Waals surface area (Å²) >= 11 is 0. The highest BCUT2D eigenvalue weighted by Crippen LogP contribution is 2.48. The van der Waals surface area contributed by atoms with E-state index in [9.17, 15) is 9.90 Å². The summed E-state index contributed by atoms with van der Waals surface area (Å²) in [5.41, 5.74) is 0.817. The van der Waals surface area contributed by atoms with Crippen LogP contribution in [0.25, 0.3) is 0 Å². The van der Waals surface area contributed by atoms with Crippen molar-refractivity contribution < 1.29 is 9.90 Å². The molecule has 1 unspecified atom stereocenters. The molecule has 1 aliphatic rings. The lowest BCUT2D eigenvalue weighted by Crippen LogP contribution is -2.36. The highest BCUT2D eigenvalue weighted by Gasteiger charge is 2.50. The molecule has 1 aromatic rings. The Morgan fingerprint density at radius 2 is 2.06 bits per heavy atom. The average Bonchev–Trinajstić information content (AvgIpc) is 3.21. The van der Waals surface area contributed by atoms with Gasteiger partial charge in [0.2, 0.25) is 5.91 Å². The molecule has 1 aromatic carbocycles. The van der Waals surface area contributed by atoms with Crippen LogP contribution in [0.3, 0.4) is 0 Å². The van der Waals surface area contributed by atoms with E-state index in [-0.39, 0.29) is 17.4 Å². The molecule has 0 aliphatic heterocycles. The quantitative estimate of drug-likeness (QED) is 0.807. The number of hydrogen-bond donors (Lipinski definition) is 2. The first-order chi connectivity index (χ1) is 8.69. The van der Waals surface area contributed by atoms with Crippen molar-refractivity contribution in [2.24, 2.45) is 0 Å². The third-order valence-electron chi connectivity index (χ3n) is 3.75. The average molecular weight is 247 g/mol. The largest absolute Gasteiger partial charge is 0.393 e. The Morgan fingerprint density at radius 1 is 1.39 bits per heavy atom. The number of carbonyl (C=O) groups is 1. The summed E-state index contributed by atoms with van der Waals surface area (Å²) in [6.07, 6.45) is 2.92. The summed E-state index contributed by atoms with van der Waals surface area (Å²) in [7, 11) is 0. The molecule has 18 heavy (non-hydrogen) atoms. The van der Waals surface area contributed by atoms with Crippen molar-refractivity contribution in [3.63, 3.8) is 0 Å².